The maximum absolute atomic E-state index is 15.0. The zero-order valence-corrected chi connectivity index (χ0v) is 22.8. The molecule has 204 valence electrons. The van der Waals surface area contributed by atoms with E-state index in [9.17, 15) is 24.3 Å². The number of esters is 2. The number of aliphatic hydroxyl groups excluding tert-OH is 1. The number of ether oxygens (including phenoxy) is 2. The van der Waals surface area contributed by atoms with Gasteiger partial charge in [-0.25, -0.2) is 4.39 Å². The summed E-state index contributed by atoms with van der Waals surface area (Å²) in [5, 5.41) is 11.7. The fourth-order valence-electron chi connectivity index (χ4n) is 8.08. The molecule has 9 heteroatoms. The first kappa shape index (κ1) is 28.0. The van der Waals surface area contributed by atoms with Gasteiger partial charge in [0.05, 0.1) is 11.0 Å². The number of carbonyl (C=O) groups excluding carboxylic acids is 4. The molecule has 8 atom stereocenters. The Morgan fingerprint density at radius 1 is 1.16 bits per heavy atom. The quantitative estimate of drug-likeness (QED) is 0.395. The average Bonchev–Trinajstić information content (AvgIpc) is 3.07. The second-order valence-electron chi connectivity index (χ2n) is 11.5. The van der Waals surface area contributed by atoms with Crippen LogP contribution in [-0.2, 0) is 28.7 Å². The Labute approximate surface area is 221 Å². The number of allylic oxidation sites excluding steroid dienone is 4. The zero-order chi connectivity index (χ0) is 27.6. The van der Waals surface area contributed by atoms with E-state index in [1.807, 2.05) is 13.8 Å². The molecule has 0 saturated heterocycles. The van der Waals surface area contributed by atoms with Crippen molar-refractivity contribution in [1.29, 1.82) is 0 Å². The van der Waals surface area contributed by atoms with Crippen LogP contribution in [-0.4, -0.2) is 51.8 Å². The third kappa shape index (κ3) is 3.61. The predicted octanol–water partition coefficient (Wildman–Crippen LogP) is 4.38. The lowest BCUT2D eigenvalue weighted by molar-refractivity contribution is -0.203. The molecule has 0 bridgehead atoms. The highest BCUT2D eigenvalue weighted by Gasteiger charge is 2.76. The fraction of sp³-hybridized carbons (Fsp3) is 0.714. The summed E-state index contributed by atoms with van der Waals surface area (Å²) in [5.41, 5.74) is -3.45. The molecule has 3 saturated carbocycles. The molecular weight excluding hydrogens is 503 g/mol. The SMILES string of the molecule is CCC(=O)OCC(=O)[C@]1(OC(=O)CC)[C@H](C)C[C@H]2[C@@H]3CCC4=C(F)C(=O)C=C[C@]4(C)[C@@]3(Cl)[C@@H](O)C[C@@]21C. The largest absolute Gasteiger partial charge is 0.457 e. The van der Waals surface area contributed by atoms with Crippen LogP contribution in [0.15, 0.2) is 23.6 Å². The van der Waals surface area contributed by atoms with Crippen LogP contribution in [0.3, 0.4) is 0 Å². The van der Waals surface area contributed by atoms with Gasteiger partial charge in [-0.3, -0.25) is 19.2 Å². The molecule has 4 aliphatic carbocycles. The first-order chi connectivity index (χ1) is 17.2. The fourth-order valence-corrected chi connectivity index (χ4v) is 8.60. The van der Waals surface area contributed by atoms with Gasteiger partial charge in [-0.1, -0.05) is 40.7 Å². The Morgan fingerprint density at radius 2 is 1.81 bits per heavy atom. The Morgan fingerprint density at radius 3 is 2.43 bits per heavy atom. The van der Waals surface area contributed by atoms with E-state index in [0.29, 0.717) is 18.4 Å². The van der Waals surface area contributed by atoms with Gasteiger partial charge in [-0.15, -0.1) is 11.6 Å². The summed E-state index contributed by atoms with van der Waals surface area (Å²) in [6.07, 6.45) is 2.92. The molecular formula is C28H36ClFO7. The highest BCUT2D eigenvalue weighted by atomic mass is 35.5. The van der Waals surface area contributed by atoms with E-state index in [2.05, 4.69) is 0 Å². The van der Waals surface area contributed by atoms with Crippen molar-refractivity contribution in [3.63, 3.8) is 0 Å². The van der Waals surface area contributed by atoms with E-state index in [-0.39, 0.29) is 37.5 Å². The minimum atomic E-state index is -1.63. The third-order valence-electron chi connectivity index (χ3n) is 9.90. The molecule has 1 N–H and O–H groups in total. The van der Waals surface area contributed by atoms with Crippen LogP contribution < -0.4 is 0 Å². The predicted molar refractivity (Wildman–Crippen MR) is 133 cm³/mol. The van der Waals surface area contributed by atoms with E-state index in [4.69, 9.17) is 21.1 Å². The summed E-state index contributed by atoms with van der Waals surface area (Å²) in [5.74, 6) is -4.19. The molecule has 0 aromatic heterocycles. The van der Waals surface area contributed by atoms with Crippen LogP contribution in [0.5, 0.6) is 0 Å². The minimum absolute atomic E-state index is 0.0126. The minimum Gasteiger partial charge on any atom is -0.457 e. The van der Waals surface area contributed by atoms with Crippen LogP contribution in [0.1, 0.15) is 73.1 Å². The Balaban J connectivity index is 1.82. The van der Waals surface area contributed by atoms with E-state index in [0.717, 1.165) is 0 Å². The first-order valence-corrected chi connectivity index (χ1v) is 13.5. The lowest BCUT2D eigenvalue weighted by atomic mass is 9.45. The van der Waals surface area contributed by atoms with Crippen LogP contribution in [0.2, 0.25) is 0 Å². The molecule has 0 radical (unpaired) electrons. The summed E-state index contributed by atoms with van der Waals surface area (Å²) in [7, 11) is 0. The zero-order valence-electron chi connectivity index (χ0n) is 22.1. The Bertz CT molecular complexity index is 1100. The van der Waals surface area contributed by atoms with Gasteiger partial charge >= 0.3 is 11.9 Å². The summed E-state index contributed by atoms with van der Waals surface area (Å²) >= 11 is 7.38. The molecule has 0 aromatic rings. The summed E-state index contributed by atoms with van der Waals surface area (Å²) < 4.78 is 26.2. The number of fused-ring (bicyclic) bond motifs is 5. The van der Waals surface area contributed by atoms with E-state index in [1.165, 1.54) is 6.08 Å². The Hall–Kier alpha value is -2.06. The van der Waals surface area contributed by atoms with Gasteiger partial charge in [0.25, 0.3) is 0 Å². The maximum atomic E-state index is 15.0. The smallest absolute Gasteiger partial charge is 0.306 e. The van der Waals surface area contributed by atoms with Crippen molar-refractivity contribution in [2.24, 2.45) is 28.6 Å². The second-order valence-corrected chi connectivity index (χ2v) is 12.1. The molecule has 4 aliphatic rings. The Kier molecular flexibility index (Phi) is 7.03. The van der Waals surface area contributed by atoms with Crippen molar-refractivity contribution < 1.29 is 38.1 Å². The summed E-state index contributed by atoms with van der Waals surface area (Å²) in [4.78, 5) is 49.2. The van der Waals surface area contributed by atoms with Crippen LogP contribution in [0, 0.1) is 28.6 Å². The summed E-state index contributed by atoms with van der Waals surface area (Å²) in [6.45, 7) is 8.16. The second kappa shape index (κ2) is 9.30. The maximum Gasteiger partial charge on any atom is 0.306 e. The number of carbonyl (C=O) groups is 4. The highest BCUT2D eigenvalue weighted by molar-refractivity contribution is 6.26. The average molecular weight is 539 g/mol. The van der Waals surface area contributed by atoms with Crippen molar-refractivity contribution in [3.8, 4) is 0 Å². The molecule has 4 rings (SSSR count). The van der Waals surface area contributed by atoms with Gasteiger partial charge in [0.2, 0.25) is 11.6 Å². The van der Waals surface area contributed by atoms with Gasteiger partial charge < -0.3 is 14.6 Å². The lowest BCUT2D eigenvalue weighted by Gasteiger charge is -2.64. The number of ketones is 2. The monoisotopic (exact) mass is 538 g/mol. The van der Waals surface area contributed by atoms with Crippen LogP contribution >= 0.6 is 11.6 Å². The van der Waals surface area contributed by atoms with Crippen LogP contribution in [0.4, 0.5) is 4.39 Å². The van der Waals surface area contributed by atoms with Gasteiger partial charge in [-0.2, -0.15) is 0 Å². The van der Waals surface area contributed by atoms with Gasteiger partial charge in [-0.05, 0) is 49.2 Å². The number of halogens is 2. The van der Waals surface area contributed by atoms with Crippen molar-refractivity contribution in [2.45, 2.75) is 89.7 Å². The number of alkyl halides is 1. The molecule has 0 amide bonds. The highest BCUT2D eigenvalue weighted by Crippen LogP contribution is 2.72. The normalized spacial score (nSPS) is 42.5. The molecule has 37 heavy (non-hydrogen) atoms. The molecule has 0 unspecified atom stereocenters. The third-order valence-corrected chi connectivity index (χ3v) is 10.8. The molecule has 0 spiro atoms. The molecule has 0 aliphatic heterocycles. The molecule has 0 heterocycles. The number of hydrogen-bond acceptors (Lipinski definition) is 7. The van der Waals surface area contributed by atoms with Gasteiger partial charge in [0, 0.05) is 29.6 Å². The van der Waals surface area contributed by atoms with E-state index >= 15 is 4.39 Å². The molecule has 3 fully saturated rings. The lowest BCUT2D eigenvalue weighted by Crippen LogP contribution is -2.69. The van der Waals surface area contributed by atoms with Gasteiger partial charge in [0.1, 0.15) is 0 Å². The van der Waals surface area contributed by atoms with Crippen molar-refractivity contribution >= 4 is 35.1 Å². The van der Waals surface area contributed by atoms with Crippen LogP contribution in [0.25, 0.3) is 0 Å². The topological polar surface area (TPSA) is 107 Å². The standard InChI is InChI=1S/C28H36ClFO7/c1-6-22(34)36-14-21(33)28(37-23(35)7-2)15(3)12-18-16-8-9-17-24(30)19(31)10-11-25(17,4)27(16,29)20(32)13-26(18,28)5/h10-11,15-16,18,20,32H,6-9,12-14H2,1-5H3/t15-,16+,18+,20+,25+,26+,27+,28-/m1/s1. The van der Waals surface area contributed by atoms with Crippen molar-refractivity contribution in [1.82, 2.24) is 0 Å². The number of hydrogen-bond donors (Lipinski definition) is 1. The summed E-state index contributed by atoms with van der Waals surface area (Å²) in [6, 6.07) is 0. The molecule has 7 nitrogen and oxygen atoms in total. The first-order valence-electron chi connectivity index (χ1n) is 13.1. The number of rotatable bonds is 6. The van der Waals surface area contributed by atoms with Crippen molar-refractivity contribution in [2.75, 3.05) is 6.61 Å². The van der Waals surface area contributed by atoms with Gasteiger partial charge in [0.15, 0.2) is 18.0 Å². The molecule has 0 aromatic carbocycles. The van der Waals surface area contributed by atoms with Crippen molar-refractivity contribution in [3.05, 3.63) is 23.6 Å². The van der Waals surface area contributed by atoms with E-state index in [1.54, 1.807) is 26.8 Å². The number of aliphatic hydroxyl groups is 1. The number of Topliss-reactive ketones (excluding diaryl/α,β-unsaturated/α-hetero) is 1. The van der Waals surface area contributed by atoms with E-state index < -0.39 is 69.3 Å².